The lowest BCUT2D eigenvalue weighted by atomic mass is 10.1. The summed E-state index contributed by atoms with van der Waals surface area (Å²) in [6, 6.07) is 5.29. The van der Waals surface area contributed by atoms with E-state index in [0.717, 1.165) is 0 Å². The summed E-state index contributed by atoms with van der Waals surface area (Å²) in [5.41, 5.74) is 0.948. The van der Waals surface area contributed by atoms with Gasteiger partial charge in [-0.05, 0) is 24.1 Å². The minimum absolute atomic E-state index is 0.0429. The zero-order valence-electron chi connectivity index (χ0n) is 15.7. The molecule has 1 aromatic rings. The van der Waals surface area contributed by atoms with E-state index in [0.29, 0.717) is 5.56 Å². The predicted molar refractivity (Wildman–Crippen MR) is 96.3 cm³/mol. The van der Waals surface area contributed by atoms with Crippen molar-refractivity contribution in [3.63, 3.8) is 0 Å². The number of hydrogen-bond donors (Lipinski definition) is 1. The number of amides is 1. The van der Waals surface area contributed by atoms with Crippen LogP contribution in [0.3, 0.4) is 0 Å². The molecule has 0 aliphatic heterocycles. The van der Waals surface area contributed by atoms with E-state index in [1.165, 1.54) is 40.6 Å². The molecule has 150 valence electrons. The number of benzene rings is 1. The van der Waals surface area contributed by atoms with E-state index in [4.69, 9.17) is 9.05 Å². The van der Waals surface area contributed by atoms with Crippen LogP contribution in [0.5, 0.6) is 0 Å². The number of ether oxygens (including phenoxy) is 2. The van der Waals surface area contributed by atoms with Crippen LogP contribution in [0.25, 0.3) is 0 Å². The number of rotatable bonds is 10. The molecule has 0 spiro atoms. The molecule has 0 aliphatic carbocycles. The van der Waals surface area contributed by atoms with Gasteiger partial charge in [0.15, 0.2) is 0 Å². The van der Waals surface area contributed by atoms with Crippen LogP contribution in [-0.2, 0) is 38.8 Å². The van der Waals surface area contributed by atoms with Crippen molar-refractivity contribution >= 4 is 25.4 Å². The second-order valence-electron chi connectivity index (χ2n) is 5.50. The molecule has 0 unspecified atom stereocenters. The number of nitrogens with one attached hydrogen (secondary N) is 1. The molecule has 0 aromatic heterocycles. The van der Waals surface area contributed by atoms with Crippen molar-refractivity contribution in [3.8, 4) is 0 Å². The van der Waals surface area contributed by atoms with E-state index in [1.807, 2.05) is 0 Å². The Morgan fingerprint density at radius 3 is 2.07 bits per heavy atom. The molecular formula is C17H24NO8P. The van der Waals surface area contributed by atoms with Crippen molar-refractivity contribution in [1.82, 2.24) is 5.32 Å². The Morgan fingerprint density at radius 1 is 1.00 bits per heavy atom. The van der Waals surface area contributed by atoms with Gasteiger partial charge in [-0.2, -0.15) is 0 Å². The Balaban J connectivity index is 2.80. The maximum Gasteiger partial charge on any atom is 0.334 e. The molecule has 1 rings (SSSR count). The molecule has 0 saturated heterocycles. The van der Waals surface area contributed by atoms with Crippen LogP contribution >= 0.6 is 7.60 Å². The molecular weight excluding hydrogens is 377 g/mol. The molecule has 0 radical (unpaired) electrons. The first-order valence-electron chi connectivity index (χ1n) is 8.03. The molecule has 1 aromatic carbocycles. The Bertz CT molecular complexity index is 695. The Morgan fingerprint density at radius 2 is 1.59 bits per heavy atom. The molecule has 0 bridgehead atoms. The molecule has 0 fully saturated rings. The molecule has 10 heteroatoms. The van der Waals surface area contributed by atoms with Crippen LogP contribution in [0.4, 0.5) is 0 Å². The monoisotopic (exact) mass is 401 g/mol. The van der Waals surface area contributed by atoms with Gasteiger partial charge in [0.1, 0.15) is 6.04 Å². The first kappa shape index (κ1) is 22.8. The Hall–Kier alpha value is -2.22. The van der Waals surface area contributed by atoms with Crippen molar-refractivity contribution in [2.45, 2.75) is 25.0 Å². The maximum atomic E-state index is 12.4. The second kappa shape index (κ2) is 10.8. The molecule has 27 heavy (non-hydrogen) atoms. The largest absolute Gasteiger partial charge is 0.469 e. The van der Waals surface area contributed by atoms with Crippen molar-refractivity contribution in [2.24, 2.45) is 0 Å². The number of hydrogen-bond acceptors (Lipinski definition) is 8. The van der Waals surface area contributed by atoms with Gasteiger partial charge in [-0.3, -0.25) is 14.2 Å². The zero-order valence-corrected chi connectivity index (χ0v) is 16.6. The highest BCUT2D eigenvalue weighted by Gasteiger charge is 2.24. The van der Waals surface area contributed by atoms with E-state index < -0.39 is 31.5 Å². The number of esters is 2. The summed E-state index contributed by atoms with van der Waals surface area (Å²) < 4.78 is 31.1. The third-order valence-corrected chi connectivity index (χ3v) is 5.67. The van der Waals surface area contributed by atoms with Gasteiger partial charge < -0.3 is 23.8 Å². The van der Waals surface area contributed by atoms with Crippen molar-refractivity contribution in [3.05, 3.63) is 35.4 Å². The highest BCUT2D eigenvalue weighted by Crippen LogP contribution is 2.49. The van der Waals surface area contributed by atoms with Crippen LogP contribution in [0.2, 0.25) is 0 Å². The van der Waals surface area contributed by atoms with Crippen LogP contribution in [0.15, 0.2) is 24.3 Å². The van der Waals surface area contributed by atoms with Crippen molar-refractivity contribution in [2.75, 3.05) is 28.4 Å². The summed E-state index contributed by atoms with van der Waals surface area (Å²) in [7, 11) is 1.82. The quantitative estimate of drug-likeness (QED) is 0.467. The molecule has 1 atom stereocenters. The Labute approximate surface area is 157 Å². The smallest absolute Gasteiger partial charge is 0.334 e. The summed E-state index contributed by atoms with van der Waals surface area (Å²) in [5.74, 6) is -1.67. The van der Waals surface area contributed by atoms with Crippen LogP contribution < -0.4 is 5.32 Å². The molecule has 0 heterocycles. The highest BCUT2D eigenvalue weighted by molar-refractivity contribution is 7.52. The first-order chi connectivity index (χ1) is 12.8. The van der Waals surface area contributed by atoms with E-state index >= 15 is 0 Å². The van der Waals surface area contributed by atoms with Gasteiger partial charge in [0.2, 0.25) is 0 Å². The van der Waals surface area contributed by atoms with Gasteiger partial charge in [0, 0.05) is 26.2 Å². The molecule has 0 aliphatic rings. The van der Waals surface area contributed by atoms with Gasteiger partial charge in [-0.15, -0.1) is 0 Å². The fourth-order valence-electron chi connectivity index (χ4n) is 2.19. The lowest BCUT2D eigenvalue weighted by molar-refractivity contribution is -0.144. The third-order valence-electron chi connectivity index (χ3n) is 3.80. The molecule has 0 saturated carbocycles. The minimum atomic E-state index is -3.21. The van der Waals surface area contributed by atoms with Gasteiger partial charge in [0.05, 0.1) is 20.4 Å². The van der Waals surface area contributed by atoms with Gasteiger partial charge >= 0.3 is 19.5 Å². The third kappa shape index (κ3) is 7.13. The normalized spacial score (nSPS) is 12.1. The fourth-order valence-corrected chi connectivity index (χ4v) is 3.25. The SMILES string of the molecule is COC(=O)CC[C@H](NC(=O)c1ccc(CP(=O)(OC)OC)cc1)C(=O)OC. The topological polar surface area (TPSA) is 117 Å². The lowest BCUT2D eigenvalue weighted by Crippen LogP contribution is -2.41. The maximum absolute atomic E-state index is 12.4. The number of carbonyl (C=O) groups is 3. The standard InChI is InChI=1S/C17H24NO8P/c1-23-15(19)10-9-14(17(21)24-2)18-16(20)13-7-5-12(6-8-13)11-27(22,25-3)26-4/h5-8,14H,9-11H2,1-4H3,(H,18,20)/t14-/m0/s1. The van der Waals surface area contributed by atoms with Gasteiger partial charge in [-0.25, -0.2) is 4.79 Å². The van der Waals surface area contributed by atoms with Gasteiger partial charge in [-0.1, -0.05) is 12.1 Å². The zero-order chi connectivity index (χ0) is 20.4. The highest BCUT2D eigenvalue weighted by atomic mass is 31.2. The number of carbonyl (C=O) groups excluding carboxylic acids is 3. The van der Waals surface area contributed by atoms with E-state index in [2.05, 4.69) is 14.8 Å². The van der Waals surface area contributed by atoms with E-state index in [9.17, 15) is 18.9 Å². The molecule has 1 N–H and O–H groups in total. The van der Waals surface area contributed by atoms with Gasteiger partial charge in [0.25, 0.3) is 5.91 Å². The van der Waals surface area contributed by atoms with Crippen LogP contribution in [0.1, 0.15) is 28.8 Å². The van der Waals surface area contributed by atoms with Crippen molar-refractivity contribution < 1.29 is 37.5 Å². The lowest BCUT2D eigenvalue weighted by Gasteiger charge is -2.16. The molecule has 9 nitrogen and oxygen atoms in total. The first-order valence-corrected chi connectivity index (χ1v) is 9.76. The molecule has 1 amide bonds. The summed E-state index contributed by atoms with van der Waals surface area (Å²) >= 11 is 0. The second-order valence-corrected chi connectivity index (χ2v) is 7.76. The van der Waals surface area contributed by atoms with Crippen molar-refractivity contribution in [1.29, 1.82) is 0 Å². The van der Waals surface area contributed by atoms with E-state index in [1.54, 1.807) is 12.1 Å². The summed E-state index contributed by atoms with van der Waals surface area (Å²) in [5, 5.41) is 2.53. The summed E-state index contributed by atoms with van der Waals surface area (Å²) in [6.07, 6.45) is 0.0681. The van der Waals surface area contributed by atoms with E-state index in [-0.39, 0.29) is 24.6 Å². The minimum Gasteiger partial charge on any atom is -0.469 e. The van der Waals surface area contributed by atoms with Crippen LogP contribution in [-0.4, -0.2) is 52.3 Å². The predicted octanol–water partition coefficient (Wildman–Crippen LogP) is 1.90. The Kier molecular flexibility index (Phi) is 9.14. The summed E-state index contributed by atoms with van der Waals surface area (Å²) in [4.78, 5) is 35.4. The fraction of sp³-hybridized carbons (Fsp3) is 0.471. The average Bonchev–Trinajstić information content (AvgIpc) is 2.70. The van der Waals surface area contributed by atoms with Crippen LogP contribution in [0, 0.1) is 0 Å². The number of methoxy groups -OCH3 is 2. The average molecular weight is 401 g/mol. The summed E-state index contributed by atoms with van der Waals surface area (Å²) in [6.45, 7) is 0.